The Morgan fingerprint density at radius 1 is 0.825 bits per heavy atom. The highest BCUT2D eigenvalue weighted by molar-refractivity contribution is 5.90. The molecule has 0 saturated heterocycles. The van der Waals surface area contributed by atoms with E-state index in [0.29, 0.717) is 12.3 Å². The Hall–Kier alpha value is -3.14. The minimum absolute atomic E-state index is 0.238. The van der Waals surface area contributed by atoms with Crippen LogP contribution in [0.25, 0.3) is 5.57 Å². The Labute approximate surface area is 241 Å². The fraction of sp³-hybridized carbons (Fsp3) is 0.500. The summed E-state index contributed by atoms with van der Waals surface area (Å²) in [5, 5.41) is 20.0. The summed E-state index contributed by atoms with van der Waals surface area (Å²) in [6.45, 7) is 9.05. The summed E-state index contributed by atoms with van der Waals surface area (Å²) in [7, 11) is 0. The van der Waals surface area contributed by atoms with Gasteiger partial charge in [0.2, 0.25) is 0 Å². The van der Waals surface area contributed by atoms with Gasteiger partial charge < -0.3 is 10.2 Å². The van der Waals surface area contributed by atoms with Gasteiger partial charge in [-0.3, -0.25) is 4.79 Å². The number of hydrogen-bond acceptors (Lipinski definition) is 2. The van der Waals surface area contributed by atoms with Gasteiger partial charge in [0.15, 0.2) is 0 Å². The molecule has 3 atom stereocenters. The smallest absolute Gasteiger partial charge is 0.335 e. The van der Waals surface area contributed by atoms with Crippen LogP contribution >= 0.6 is 0 Å². The van der Waals surface area contributed by atoms with Gasteiger partial charge in [0.1, 0.15) is 5.41 Å². The maximum absolute atomic E-state index is 13.1. The minimum atomic E-state index is -1.13. The third kappa shape index (κ3) is 7.53. The van der Waals surface area contributed by atoms with Gasteiger partial charge in [0.05, 0.1) is 5.56 Å². The molecule has 0 amide bonds. The Balaban J connectivity index is 1.99. The third-order valence-corrected chi connectivity index (χ3v) is 8.66. The Kier molecular flexibility index (Phi) is 11.8. The average Bonchev–Trinajstić information content (AvgIpc) is 2.97. The van der Waals surface area contributed by atoms with Gasteiger partial charge in [-0.1, -0.05) is 128 Å². The number of allylic oxidation sites excluding steroid dienone is 3. The molecule has 0 saturated carbocycles. The second-order valence-electron chi connectivity index (χ2n) is 11.7. The lowest BCUT2D eigenvalue weighted by atomic mass is 9.68. The molecule has 1 unspecified atom stereocenters. The van der Waals surface area contributed by atoms with Crippen LogP contribution in [0.2, 0.25) is 0 Å². The molecule has 2 aromatic carbocycles. The second kappa shape index (κ2) is 15.0. The molecule has 0 bridgehead atoms. The molecule has 216 valence electrons. The first-order valence-electron chi connectivity index (χ1n) is 15.3. The van der Waals surface area contributed by atoms with E-state index in [2.05, 4.69) is 39.8 Å². The van der Waals surface area contributed by atoms with Gasteiger partial charge in [-0.15, -0.1) is 0 Å². The van der Waals surface area contributed by atoms with Gasteiger partial charge in [0, 0.05) is 0 Å². The molecule has 0 heterocycles. The fourth-order valence-electron chi connectivity index (χ4n) is 6.14. The summed E-state index contributed by atoms with van der Waals surface area (Å²) in [4.78, 5) is 24.4. The monoisotopic (exact) mass is 544 g/mol. The molecule has 40 heavy (non-hydrogen) atoms. The zero-order valence-electron chi connectivity index (χ0n) is 24.9. The summed E-state index contributed by atoms with van der Waals surface area (Å²) >= 11 is 0. The summed E-state index contributed by atoms with van der Waals surface area (Å²) in [6, 6.07) is 13.1. The molecular weight excluding hydrogens is 496 g/mol. The molecule has 0 aliphatic heterocycles. The predicted molar refractivity (Wildman–Crippen MR) is 165 cm³/mol. The van der Waals surface area contributed by atoms with Crippen LogP contribution < -0.4 is 0 Å². The number of carboxylic acids is 2. The fourth-order valence-corrected chi connectivity index (χ4v) is 6.14. The summed E-state index contributed by atoms with van der Waals surface area (Å²) < 4.78 is 0. The van der Waals surface area contributed by atoms with Gasteiger partial charge >= 0.3 is 11.9 Å². The number of hydrogen-bond donors (Lipinski definition) is 2. The Morgan fingerprint density at radius 3 is 1.98 bits per heavy atom. The number of aliphatic carboxylic acids is 1. The van der Waals surface area contributed by atoms with Gasteiger partial charge in [0.25, 0.3) is 0 Å². The first-order valence-corrected chi connectivity index (χ1v) is 15.3. The molecule has 2 aromatic rings. The molecule has 3 rings (SSSR count). The molecule has 0 fully saturated rings. The van der Waals surface area contributed by atoms with E-state index < -0.39 is 17.4 Å². The zero-order chi connectivity index (χ0) is 29.1. The van der Waals surface area contributed by atoms with E-state index in [9.17, 15) is 19.8 Å². The van der Waals surface area contributed by atoms with Crippen LogP contribution in [0, 0.1) is 0 Å². The second-order valence-corrected chi connectivity index (χ2v) is 11.7. The largest absolute Gasteiger partial charge is 0.480 e. The molecule has 2 N–H and O–H groups in total. The quantitative estimate of drug-likeness (QED) is 0.206. The SMILES string of the molecule is CCCCCC[C@H](C)c1cccc(C2(C(=O)O)C=CC(c3ccc(C(=O)O)cc3)=CC2)c1[C@@H](C)CCCCCC. The molecule has 0 radical (unpaired) electrons. The first kappa shape index (κ1) is 31.4. The van der Waals surface area contributed by atoms with Crippen molar-refractivity contribution in [2.24, 2.45) is 0 Å². The normalized spacial score (nSPS) is 18.2. The zero-order valence-corrected chi connectivity index (χ0v) is 24.9. The van der Waals surface area contributed by atoms with Crippen molar-refractivity contribution in [2.75, 3.05) is 0 Å². The number of unbranched alkanes of at least 4 members (excludes halogenated alkanes) is 6. The van der Waals surface area contributed by atoms with Crippen LogP contribution in [0.4, 0.5) is 0 Å². The minimum Gasteiger partial charge on any atom is -0.480 e. The molecule has 4 heteroatoms. The van der Waals surface area contributed by atoms with Gasteiger partial charge in [-0.2, -0.15) is 0 Å². The van der Waals surface area contributed by atoms with E-state index in [-0.39, 0.29) is 11.5 Å². The van der Waals surface area contributed by atoms with Crippen molar-refractivity contribution in [3.63, 3.8) is 0 Å². The van der Waals surface area contributed by atoms with Crippen LogP contribution in [0.15, 0.2) is 60.7 Å². The highest BCUT2D eigenvalue weighted by atomic mass is 16.4. The average molecular weight is 545 g/mol. The third-order valence-electron chi connectivity index (χ3n) is 8.66. The van der Waals surface area contributed by atoms with Crippen molar-refractivity contribution < 1.29 is 19.8 Å². The van der Waals surface area contributed by atoms with Crippen LogP contribution in [0.3, 0.4) is 0 Å². The molecule has 0 spiro atoms. The molecule has 4 nitrogen and oxygen atoms in total. The van der Waals surface area contributed by atoms with Crippen molar-refractivity contribution >= 4 is 17.5 Å². The lowest BCUT2D eigenvalue weighted by molar-refractivity contribution is -0.141. The van der Waals surface area contributed by atoms with Crippen LogP contribution in [-0.2, 0) is 10.2 Å². The lowest BCUT2D eigenvalue weighted by Crippen LogP contribution is -2.36. The molecule has 1 aliphatic rings. The van der Waals surface area contributed by atoms with Crippen LogP contribution in [0.5, 0.6) is 0 Å². The van der Waals surface area contributed by atoms with Crippen LogP contribution in [-0.4, -0.2) is 22.2 Å². The van der Waals surface area contributed by atoms with Crippen molar-refractivity contribution in [1.29, 1.82) is 0 Å². The Bertz CT molecular complexity index is 1190. The van der Waals surface area contributed by atoms with Gasteiger partial charge in [-0.05, 0) is 71.1 Å². The van der Waals surface area contributed by atoms with E-state index >= 15 is 0 Å². The maximum Gasteiger partial charge on any atom is 0.335 e. The topological polar surface area (TPSA) is 74.6 Å². The predicted octanol–water partition coefficient (Wildman–Crippen LogP) is 9.90. The Morgan fingerprint density at radius 2 is 1.45 bits per heavy atom. The summed E-state index contributed by atoms with van der Waals surface area (Å²) in [6.07, 6.45) is 18.0. The summed E-state index contributed by atoms with van der Waals surface area (Å²) in [5.41, 5.74) is 4.38. The molecule has 1 aliphatic carbocycles. The van der Waals surface area contributed by atoms with Crippen molar-refractivity contribution in [3.05, 3.63) is 88.5 Å². The van der Waals surface area contributed by atoms with Crippen molar-refractivity contribution in [2.45, 2.75) is 116 Å². The maximum atomic E-state index is 13.1. The lowest BCUT2D eigenvalue weighted by Gasteiger charge is -2.34. The standard InChI is InChI=1S/C36H48O4/c1-5-7-9-11-14-26(3)31-16-13-17-32(33(31)27(4)15-12-10-8-6-2)36(35(39)40)24-22-29(23-25-36)28-18-20-30(21-19-28)34(37)38/h13,16-24,26-27H,5-12,14-15,25H2,1-4H3,(H,37,38)(H,39,40)/t26-,27-,36?/m0/s1. The summed E-state index contributed by atoms with van der Waals surface area (Å²) in [5.74, 6) is -1.13. The van der Waals surface area contributed by atoms with E-state index in [1.807, 2.05) is 24.3 Å². The van der Waals surface area contributed by atoms with Crippen molar-refractivity contribution in [1.82, 2.24) is 0 Å². The number of carboxylic acid groups (broad SMARTS) is 2. The first-order chi connectivity index (χ1) is 19.2. The van der Waals surface area contributed by atoms with E-state index in [4.69, 9.17) is 0 Å². The number of carbonyl (C=O) groups is 2. The van der Waals surface area contributed by atoms with Gasteiger partial charge in [-0.25, -0.2) is 4.79 Å². The highest BCUT2D eigenvalue weighted by Gasteiger charge is 2.41. The van der Waals surface area contributed by atoms with E-state index in [1.165, 1.54) is 56.1 Å². The molecular formula is C36H48O4. The number of rotatable bonds is 16. The van der Waals surface area contributed by atoms with E-state index in [0.717, 1.165) is 36.0 Å². The number of aromatic carboxylic acids is 1. The van der Waals surface area contributed by atoms with Crippen LogP contribution in [0.1, 0.15) is 143 Å². The highest BCUT2D eigenvalue weighted by Crippen LogP contribution is 2.44. The molecule has 0 aromatic heterocycles. The number of benzene rings is 2. The van der Waals surface area contributed by atoms with E-state index in [1.54, 1.807) is 24.3 Å². The van der Waals surface area contributed by atoms with Crippen molar-refractivity contribution in [3.8, 4) is 0 Å².